The van der Waals surface area contributed by atoms with Crippen molar-refractivity contribution in [3.05, 3.63) is 60.2 Å². The van der Waals surface area contributed by atoms with Gasteiger partial charge in [-0.15, -0.1) is 0 Å². The molecule has 0 bridgehead atoms. The van der Waals surface area contributed by atoms with Crippen molar-refractivity contribution < 1.29 is 73.4 Å². The number of benzene rings is 2. The molecule has 0 aromatic heterocycles. The normalized spacial score (nSPS) is 31.0. The summed E-state index contributed by atoms with van der Waals surface area (Å²) < 4.78 is 41.1. The Labute approximate surface area is 267 Å². The second-order valence-electron chi connectivity index (χ2n) is 11.8. The Kier molecular flexibility index (Phi) is 9.48. The van der Waals surface area contributed by atoms with E-state index in [1.807, 2.05) is 0 Å². The lowest BCUT2D eigenvalue weighted by Crippen LogP contribution is -2.81. The number of hydrogen-bond acceptors (Lipinski definition) is 17. The molecule has 0 aliphatic carbocycles. The summed E-state index contributed by atoms with van der Waals surface area (Å²) in [6, 6.07) is 11.9. The first kappa shape index (κ1) is 36.8. The second-order valence-corrected chi connectivity index (χ2v) is 13.7. The number of carbonyl (C=O) groups excluding carboxylic acids is 1. The van der Waals surface area contributed by atoms with Crippen molar-refractivity contribution in [3.8, 4) is 0 Å². The molecule has 2 aromatic rings. The number of rotatable bonds is 11. The van der Waals surface area contributed by atoms with Crippen molar-refractivity contribution in [1.29, 1.82) is 0 Å². The highest BCUT2D eigenvalue weighted by molar-refractivity contribution is 7.89. The molecule has 2 aromatic carbocycles. The van der Waals surface area contributed by atoms with Crippen molar-refractivity contribution in [3.63, 3.8) is 0 Å². The van der Waals surface area contributed by atoms with Crippen LogP contribution in [-0.2, 0) is 30.7 Å². The molecule has 0 spiro atoms. The predicted molar refractivity (Wildman–Crippen MR) is 155 cm³/mol. The van der Waals surface area contributed by atoms with Gasteiger partial charge in [-0.2, -0.15) is 4.31 Å². The summed E-state index contributed by atoms with van der Waals surface area (Å²) in [6.07, 6.45) is -3.90. The van der Waals surface area contributed by atoms with E-state index in [1.54, 1.807) is 44.2 Å². The lowest BCUT2D eigenvalue weighted by Gasteiger charge is -2.43. The van der Waals surface area contributed by atoms with Crippen LogP contribution in [0.5, 0.6) is 0 Å². The van der Waals surface area contributed by atoms with E-state index < -0.39 is 69.8 Å². The molecule has 20 heteroatoms. The molecular weight excluding hydrogens is 652 g/mol. The van der Waals surface area contributed by atoms with Gasteiger partial charge >= 0.3 is 29.8 Å². The topological polar surface area (TPSA) is 328 Å². The maximum Gasteiger partial charge on any atom is 0.410 e. The van der Waals surface area contributed by atoms with Crippen molar-refractivity contribution in [1.82, 2.24) is 9.62 Å². The van der Waals surface area contributed by atoms with Gasteiger partial charge in [0.1, 0.15) is 0 Å². The minimum Gasteiger partial charge on any atom is -0.404 e. The van der Waals surface area contributed by atoms with E-state index in [0.29, 0.717) is 11.3 Å². The van der Waals surface area contributed by atoms with Gasteiger partial charge in [0.2, 0.25) is 15.7 Å². The van der Waals surface area contributed by atoms with Crippen LogP contribution in [0.15, 0.2) is 59.5 Å². The van der Waals surface area contributed by atoms with Gasteiger partial charge in [0.15, 0.2) is 0 Å². The largest absolute Gasteiger partial charge is 0.410 e. The zero-order valence-electron chi connectivity index (χ0n) is 25.0. The fourth-order valence-corrected chi connectivity index (χ4v) is 6.92. The van der Waals surface area contributed by atoms with Crippen LogP contribution in [0, 0.1) is 5.92 Å². The van der Waals surface area contributed by atoms with Crippen molar-refractivity contribution >= 4 is 21.8 Å². The third kappa shape index (κ3) is 6.06. The molecule has 2 heterocycles. The molecule has 2 aliphatic heterocycles. The van der Waals surface area contributed by atoms with Crippen molar-refractivity contribution in [2.45, 2.75) is 72.3 Å². The molecule has 1 amide bonds. The Bertz CT molecular complexity index is 1560. The molecule has 6 unspecified atom stereocenters. The van der Waals surface area contributed by atoms with Crippen molar-refractivity contribution in [2.75, 3.05) is 18.8 Å². The van der Waals surface area contributed by atoms with Gasteiger partial charge in [-0.1, -0.05) is 44.2 Å². The highest BCUT2D eigenvalue weighted by Crippen LogP contribution is 2.61. The van der Waals surface area contributed by atoms with Crippen molar-refractivity contribution in [2.24, 2.45) is 11.7 Å². The molecule has 0 radical (unpaired) electrons. The summed E-state index contributed by atoms with van der Waals surface area (Å²) in [5.74, 6) is -17.3. The van der Waals surface area contributed by atoms with Crippen LogP contribution in [0.1, 0.15) is 19.4 Å². The lowest BCUT2D eigenvalue weighted by atomic mass is 9.81. The number of aliphatic hydroxyl groups is 9. The minimum atomic E-state index is -4.46. The van der Waals surface area contributed by atoms with Gasteiger partial charge in [0, 0.05) is 18.8 Å². The third-order valence-corrected chi connectivity index (χ3v) is 9.63. The second kappa shape index (κ2) is 12.1. The molecule has 2 aliphatic rings. The summed E-state index contributed by atoms with van der Waals surface area (Å²) in [5.41, 5.74) is 3.27. The van der Waals surface area contributed by atoms with Gasteiger partial charge in [-0.25, -0.2) is 13.2 Å². The quantitative estimate of drug-likeness (QED) is 0.0783. The zero-order valence-corrected chi connectivity index (χ0v) is 25.9. The first-order chi connectivity index (χ1) is 21.4. The van der Waals surface area contributed by atoms with E-state index in [9.17, 15) is 59.2 Å². The van der Waals surface area contributed by atoms with Gasteiger partial charge in [0.05, 0.1) is 17.0 Å². The van der Waals surface area contributed by atoms with E-state index in [2.05, 4.69) is 19.5 Å². The van der Waals surface area contributed by atoms with Crippen LogP contribution in [-0.4, -0.2) is 125 Å². The van der Waals surface area contributed by atoms with E-state index in [-0.39, 0.29) is 23.8 Å². The number of sulfonamides is 1. The molecular formula is C27H38N4O15S. The first-order valence-electron chi connectivity index (χ1n) is 14.0. The zero-order chi connectivity index (χ0) is 35.4. The maximum absolute atomic E-state index is 13.6. The number of amides is 1. The lowest BCUT2D eigenvalue weighted by molar-refractivity contribution is -0.517. The van der Waals surface area contributed by atoms with Crippen LogP contribution in [0.3, 0.4) is 0 Å². The average Bonchev–Trinajstić information content (AvgIpc) is 3.13. The monoisotopic (exact) mass is 690 g/mol. The number of nitrogens with two attached hydrogens (primary N) is 2. The molecule has 2 fully saturated rings. The number of fused-ring (bicyclic) bond motifs is 1. The molecule has 262 valence electrons. The number of anilines is 1. The van der Waals surface area contributed by atoms with Gasteiger partial charge in [0.25, 0.3) is 5.60 Å². The molecule has 2 saturated heterocycles. The average molecular weight is 691 g/mol. The Morgan fingerprint density at radius 1 is 0.915 bits per heavy atom. The summed E-state index contributed by atoms with van der Waals surface area (Å²) in [4.78, 5) is 13.1. The Hall–Kier alpha value is -3.06. The molecule has 4 rings (SSSR count). The van der Waals surface area contributed by atoms with Crippen LogP contribution in [0.4, 0.5) is 10.5 Å². The SMILES string of the molecule is CC(C)CN(CC(O)C(Cc1ccccc1)NC(=O)OC1(O)C(O)(O)OC2(O)OC(O)(O)C(N)(O)C21O)S(=O)(=O)c1ccc(N)cc1. The number of nitrogen functional groups attached to an aromatic ring is 1. The molecule has 6 atom stereocenters. The number of hydrogen-bond donors (Lipinski definition) is 12. The minimum absolute atomic E-state index is 0.0916. The molecule has 14 N–H and O–H groups in total. The third-order valence-electron chi connectivity index (χ3n) is 7.78. The molecule has 0 saturated carbocycles. The Morgan fingerprint density at radius 2 is 1.47 bits per heavy atom. The Balaban J connectivity index is 1.66. The van der Waals surface area contributed by atoms with Crippen LogP contribution in [0.2, 0.25) is 0 Å². The van der Waals surface area contributed by atoms with Gasteiger partial charge in [-0.05, 0) is 42.2 Å². The summed E-state index contributed by atoms with van der Waals surface area (Å²) in [6.45, 7) is 2.73. The first-order valence-corrected chi connectivity index (χ1v) is 15.4. The van der Waals surface area contributed by atoms with Gasteiger partial charge in [-0.3, -0.25) is 15.2 Å². The molecule has 47 heavy (non-hydrogen) atoms. The highest BCUT2D eigenvalue weighted by atomic mass is 32.2. The van der Waals surface area contributed by atoms with Crippen LogP contribution < -0.4 is 16.8 Å². The predicted octanol–water partition coefficient (Wildman–Crippen LogP) is -4.34. The summed E-state index contributed by atoms with van der Waals surface area (Å²) in [5, 5.41) is 97.0. The standard InChI is InChI=1S/C27H38N4O15S/c1-15(2)13-31(47(42,43)18-10-8-17(28)9-11-18)14-20(32)19(12-16-6-4-3-5-7-16)30-21(33)44-24(36)22(34)23(29,35)25(37,38)45-27(22,41)46-26(24,39)40/h3-11,15,19-20,32,34-41H,12-14,28-29H2,1-2H3,(H,30,33). The number of aliphatic hydroxyl groups excluding tert-OH is 1. The maximum atomic E-state index is 13.6. The number of ether oxygens (including phenoxy) is 3. The van der Waals surface area contributed by atoms with E-state index in [4.69, 9.17) is 11.5 Å². The number of carbonyl (C=O) groups is 1. The van der Waals surface area contributed by atoms with E-state index in [1.165, 1.54) is 24.3 Å². The van der Waals surface area contributed by atoms with Crippen LogP contribution >= 0.6 is 0 Å². The number of alkyl carbamates (subject to hydrolysis) is 1. The summed E-state index contributed by atoms with van der Waals surface area (Å²) >= 11 is 0. The van der Waals surface area contributed by atoms with E-state index in [0.717, 1.165) is 4.31 Å². The fraction of sp³-hybridized carbons (Fsp3) is 0.519. The van der Waals surface area contributed by atoms with Gasteiger partial charge < -0.3 is 61.7 Å². The smallest absolute Gasteiger partial charge is 0.404 e. The Morgan fingerprint density at radius 3 is 2.02 bits per heavy atom. The van der Waals surface area contributed by atoms with E-state index >= 15 is 0 Å². The number of nitrogens with one attached hydrogen (secondary N) is 1. The fourth-order valence-electron chi connectivity index (χ4n) is 5.30. The summed E-state index contributed by atoms with van der Waals surface area (Å²) in [7, 11) is -4.25. The van der Waals surface area contributed by atoms with Crippen LogP contribution in [0.25, 0.3) is 0 Å². The molecule has 19 nitrogen and oxygen atoms in total. The number of nitrogens with zero attached hydrogens (tertiary/aromatic N) is 1. The highest BCUT2D eigenvalue weighted by Gasteiger charge is 2.97.